The van der Waals surface area contributed by atoms with Gasteiger partial charge in [0, 0.05) is 17.6 Å². The van der Waals surface area contributed by atoms with Gasteiger partial charge in [-0.05, 0) is 45.2 Å². The number of furan rings is 1. The largest absolute Gasteiger partial charge is 0.449 e. The fourth-order valence-electron chi connectivity index (χ4n) is 4.15. The molecule has 1 N–H and O–H groups in total. The molecule has 1 aliphatic rings. The minimum Gasteiger partial charge on any atom is -0.449 e. The van der Waals surface area contributed by atoms with Crippen molar-refractivity contribution in [2.45, 2.75) is 71.4 Å². The van der Waals surface area contributed by atoms with Crippen molar-refractivity contribution in [1.82, 2.24) is 14.9 Å². The number of nitrogens with one attached hydrogen (secondary N) is 1. The fourth-order valence-corrected chi connectivity index (χ4v) is 4.15. The third-order valence-corrected chi connectivity index (χ3v) is 6.14. The zero-order chi connectivity index (χ0) is 21.1. The third-order valence-electron chi connectivity index (χ3n) is 6.14. The van der Waals surface area contributed by atoms with Crippen LogP contribution in [0.4, 0.5) is 0 Å². The molecule has 2 aromatic heterocycles. The van der Waals surface area contributed by atoms with E-state index in [2.05, 4.69) is 48.0 Å². The summed E-state index contributed by atoms with van der Waals surface area (Å²) < 4.78 is 8.35. The minimum absolute atomic E-state index is 0.113. The van der Waals surface area contributed by atoms with Crippen LogP contribution in [0.5, 0.6) is 0 Å². The van der Waals surface area contributed by atoms with E-state index >= 15 is 0 Å². The molecule has 1 aromatic carbocycles. The minimum atomic E-state index is -0.170. The summed E-state index contributed by atoms with van der Waals surface area (Å²) in [6.07, 6.45) is 8.91. The molecule has 0 radical (unpaired) electrons. The summed E-state index contributed by atoms with van der Waals surface area (Å²) in [7, 11) is 0. The number of carbonyl (C=O) groups excluding carboxylic acids is 1. The first-order chi connectivity index (χ1) is 14.6. The van der Waals surface area contributed by atoms with Crippen molar-refractivity contribution in [3.63, 3.8) is 0 Å². The predicted molar refractivity (Wildman–Crippen MR) is 119 cm³/mol. The summed E-state index contributed by atoms with van der Waals surface area (Å²) in [5.41, 5.74) is 4.15. The van der Waals surface area contributed by atoms with Gasteiger partial charge in [-0.2, -0.15) is 0 Å². The van der Waals surface area contributed by atoms with Crippen LogP contribution >= 0.6 is 0 Å². The van der Waals surface area contributed by atoms with E-state index in [0.717, 1.165) is 36.2 Å². The van der Waals surface area contributed by atoms with Crippen LogP contribution in [0.15, 0.2) is 47.1 Å². The van der Waals surface area contributed by atoms with Gasteiger partial charge in [0.1, 0.15) is 5.69 Å². The Kier molecular flexibility index (Phi) is 6.07. The van der Waals surface area contributed by atoms with E-state index in [-0.39, 0.29) is 11.9 Å². The zero-order valence-electron chi connectivity index (χ0n) is 18.1. The molecule has 3 aromatic rings. The van der Waals surface area contributed by atoms with Gasteiger partial charge >= 0.3 is 0 Å². The highest BCUT2D eigenvalue weighted by Gasteiger charge is 2.25. The quantitative estimate of drug-likeness (QED) is 0.535. The lowest BCUT2D eigenvalue weighted by molar-refractivity contribution is 0.0912. The molecule has 1 saturated carbocycles. The van der Waals surface area contributed by atoms with Gasteiger partial charge in [-0.15, -0.1) is 0 Å². The van der Waals surface area contributed by atoms with Crippen molar-refractivity contribution >= 4 is 5.91 Å². The van der Waals surface area contributed by atoms with Gasteiger partial charge in [-0.3, -0.25) is 4.79 Å². The Balaban J connectivity index is 1.74. The lowest BCUT2D eigenvalue weighted by atomic mass is 9.95. The number of amides is 1. The number of nitrogens with zero attached hydrogens (tertiary/aromatic N) is 2. The molecule has 4 rings (SSSR count). The normalized spacial score (nSPS) is 15.8. The summed E-state index contributed by atoms with van der Waals surface area (Å²) in [5.74, 6) is 0.871. The molecule has 0 aliphatic heterocycles. The molecule has 30 heavy (non-hydrogen) atoms. The molecule has 1 fully saturated rings. The Labute approximate surface area is 178 Å². The Morgan fingerprint density at radius 1 is 1.17 bits per heavy atom. The van der Waals surface area contributed by atoms with Crippen LogP contribution in [0.2, 0.25) is 0 Å². The monoisotopic (exact) mass is 405 g/mol. The maximum Gasteiger partial charge on any atom is 0.287 e. The Bertz CT molecular complexity index is 994. The van der Waals surface area contributed by atoms with E-state index in [1.165, 1.54) is 24.8 Å². The zero-order valence-corrected chi connectivity index (χ0v) is 18.1. The van der Waals surface area contributed by atoms with Crippen LogP contribution < -0.4 is 5.32 Å². The van der Waals surface area contributed by atoms with Crippen LogP contribution in [0, 0.1) is 6.92 Å². The molecule has 1 amide bonds. The van der Waals surface area contributed by atoms with Gasteiger partial charge in [-0.25, -0.2) is 4.98 Å². The Morgan fingerprint density at radius 2 is 1.90 bits per heavy atom. The Morgan fingerprint density at radius 3 is 2.60 bits per heavy atom. The first kappa shape index (κ1) is 20.5. The fraction of sp³-hybridized carbons (Fsp3) is 0.440. The van der Waals surface area contributed by atoms with Crippen molar-refractivity contribution < 1.29 is 9.21 Å². The van der Waals surface area contributed by atoms with Gasteiger partial charge in [0.25, 0.3) is 5.91 Å². The van der Waals surface area contributed by atoms with Crippen LogP contribution in [0.25, 0.3) is 22.7 Å². The number of carbonyl (C=O) groups is 1. The molecule has 2 heterocycles. The lowest BCUT2D eigenvalue weighted by Gasteiger charge is -2.24. The van der Waals surface area contributed by atoms with Crippen LogP contribution in [-0.4, -0.2) is 21.5 Å². The van der Waals surface area contributed by atoms with E-state index in [1.54, 1.807) is 6.07 Å². The van der Waals surface area contributed by atoms with Gasteiger partial charge in [0.15, 0.2) is 11.5 Å². The third kappa shape index (κ3) is 4.20. The molecule has 0 unspecified atom stereocenters. The number of aromatic nitrogens is 2. The Hall–Kier alpha value is -2.82. The highest BCUT2D eigenvalue weighted by molar-refractivity contribution is 5.92. The maximum atomic E-state index is 12.5. The number of aryl methyl sites for hydroxylation is 1. The van der Waals surface area contributed by atoms with Gasteiger partial charge < -0.3 is 14.3 Å². The van der Waals surface area contributed by atoms with Gasteiger partial charge in [-0.1, -0.05) is 56.0 Å². The second-order valence-electron chi connectivity index (χ2n) is 8.45. The molecule has 158 valence electrons. The predicted octanol–water partition coefficient (Wildman–Crippen LogP) is 6.15. The van der Waals surface area contributed by atoms with Crippen LogP contribution in [0.3, 0.4) is 0 Å². The van der Waals surface area contributed by atoms with Crippen LogP contribution in [0.1, 0.15) is 74.5 Å². The highest BCUT2D eigenvalue weighted by Crippen LogP contribution is 2.38. The van der Waals surface area contributed by atoms with E-state index in [9.17, 15) is 4.79 Å². The van der Waals surface area contributed by atoms with E-state index in [1.807, 2.05) is 19.3 Å². The number of imidazole rings is 1. The van der Waals surface area contributed by atoms with Crippen molar-refractivity contribution in [2.24, 2.45) is 0 Å². The highest BCUT2D eigenvalue weighted by atomic mass is 16.4. The molecule has 5 heteroatoms. The average molecular weight is 406 g/mol. The van der Waals surface area contributed by atoms with Gasteiger partial charge in [0.2, 0.25) is 0 Å². The molecule has 1 atom stereocenters. The molecule has 0 bridgehead atoms. The van der Waals surface area contributed by atoms with Crippen LogP contribution in [-0.2, 0) is 0 Å². The summed E-state index contributed by atoms with van der Waals surface area (Å²) in [6, 6.07) is 12.6. The molecule has 5 nitrogen and oxygen atoms in total. The van der Waals surface area contributed by atoms with Crippen molar-refractivity contribution in [1.29, 1.82) is 0 Å². The topological polar surface area (TPSA) is 60.1 Å². The van der Waals surface area contributed by atoms with Crippen molar-refractivity contribution in [2.75, 3.05) is 0 Å². The van der Waals surface area contributed by atoms with Crippen molar-refractivity contribution in [3.05, 3.63) is 54.0 Å². The SMILES string of the molecule is CC[C@H](C)NC(=O)c1ccc(-c2c(-c3ccc(C)cc3)ncn2C2CCCCC2)o1. The lowest BCUT2D eigenvalue weighted by Crippen LogP contribution is -2.31. The summed E-state index contributed by atoms with van der Waals surface area (Å²) in [5, 5.41) is 2.98. The molecular weight excluding hydrogens is 374 g/mol. The van der Waals surface area contributed by atoms with Crippen molar-refractivity contribution in [3.8, 4) is 22.7 Å². The van der Waals surface area contributed by atoms with Gasteiger partial charge in [0.05, 0.1) is 12.0 Å². The number of hydrogen-bond donors (Lipinski definition) is 1. The summed E-state index contributed by atoms with van der Waals surface area (Å²) in [4.78, 5) is 17.3. The molecular formula is C25H31N3O2. The summed E-state index contributed by atoms with van der Waals surface area (Å²) >= 11 is 0. The molecule has 0 spiro atoms. The number of rotatable bonds is 6. The first-order valence-electron chi connectivity index (χ1n) is 11.1. The smallest absolute Gasteiger partial charge is 0.287 e. The summed E-state index contributed by atoms with van der Waals surface area (Å²) in [6.45, 7) is 6.13. The number of benzene rings is 1. The number of hydrogen-bond acceptors (Lipinski definition) is 3. The standard InChI is InChI=1S/C25H31N3O2/c1-4-18(3)27-25(29)22-15-14-21(30-22)24-23(19-12-10-17(2)11-13-19)26-16-28(24)20-8-6-5-7-9-20/h10-16,18,20H,4-9H2,1-3H3,(H,27,29)/t18-/m0/s1. The van der Waals surface area contributed by atoms with E-state index in [4.69, 9.17) is 9.40 Å². The maximum absolute atomic E-state index is 12.5. The second kappa shape index (κ2) is 8.90. The van der Waals surface area contributed by atoms with E-state index < -0.39 is 0 Å². The second-order valence-corrected chi connectivity index (χ2v) is 8.45. The first-order valence-corrected chi connectivity index (χ1v) is 11.1. The molecule has 0 saturated heterocycles. The average Bonchev–Trinajstić information content (AvgIpc) is 3.42. The molecule has 1 aliphatic carbocycles. The van der Waals surface area contributed by atoms with E-state index in [0.29, 0.717) is 17.6 Å².